The standard InChI is InChI=1S/C21H19N3O3S/c1-2-24-19(18(23-21(24)28)15-5-3-4-12-22-15)17-11-10-16(27-17)13-6-8-14(9-7-13)20(25)26/h3-12,18-19H,2H2,1H3,(H,23,28)(H,25,26). The molecule has 0 bridgehead atoms. The van der Waals surface area contributed by atoms with Gasteiger partial charge < -0.3 is 19.7 Å². The molecule has 4 rings (SSSR count). The van der Waals surface area contributed by atoms with Crippen LogP contribution in [-0.4, -0.2) is 32.6 Å². The van der Waals surface area contributed by atoms with Crippen molar-refractivity contribution in [1.29, 1.82) is 0 Å². The summed E-state index contributed by atoms with van der Waals surface area (Å²) in [6.07, 6.45) is 1.77. The summed E-state index contributed by atoms with van der Waals surface area (Å²) in [5.41, 5.74) is 1.96. The molecule has 3 aromatic rings. The van der Waals surface area contributed by atoms with Crippen molar-refractivity contribution >= 4 is 23.3 Å². The highest BCUT2D eigenvalue weighted by atomic mass is 32.1. The van der Waals surface area contributed by atoms with Gasteiger partial charge in [0.15, 0.2) is 5.11 Å². The van der Waals surface area contributed by atoms with E-state index in [-0.39, 0.29) is 17.6 Å². The second kappa shape index (κ2) is 7.44. The molecule has 2 unspecified atom stereocenters. The molecule has 6 nitrogen and oxygen atoms in total. The topological polar surface area (TPSA) is 78.6 Å². The Kier molecular flexibility index (Phi) is 4.83. The first-order valence-corrected chi connectivity index (χ1v) is 9.41. The molecule has 2 atom stereocenters. The van der Waals surface area contributed by atoms with Crippen LogP contribution in [0.5, 0.6) is 0 Å². The molecule has 142 valence electrons. The average molecular weight is 393 g/mol. The summed E-state index contributed by atoms with van der Waals surface area (Å²) in [4.78, 5) is 17.6. The van der Waals surface area contributed by atoms with Gasteiger partial charge in [-0.2, -0.15) is 0 Å². The predicted octanol–water partition coefficient (Wildman–Crippen LogP) is 4.03. The molecule has 1 fully saturated rings. The van der Waals surface area contributed by atoms with Crippen LogP contribution in [0.3, 0.4) is 0 Å². The van der Waals surface area contributed by atoms with E-state index in [4.69, 9.17) is 21.7 Å². The van der Waals surface area contributed by atoms with Crippen LogP contribution in [-0.2, 0) is 0 Å². The Morgan fingerprint density at radius 1 is 1.21 bits per heavy atom. The van der Waals surface area contributed by atoms with Crippen LogP contribution in [0.4, 0.5) is 0 Å². The average Bonchev–Trinajstić information content (AvgIpc) is 3.33. The number of benzene rings is 1. The lowest BCUT2D eigenvalue weighted by molar-refractivity contribution is 0.0697. The number of hydrogen-bond acceptors (Lipinski definition) is 4. The highest BCUT2D eigenvalue weighted by molar-refractivity contribution is 7.80. The highest BCUT2D eigenvalue weighted by Gasteiger charge is 2.40. The van der Waals surface area contributed by atoms with Gasteiger partial charge in [0, 0.05) is 18.3 Å². The first kappa shape index (κ1) is 18.2. The zero-order valence-corrected chi connectivity index (χ0v) is 16.0. The van der Waals surface area contributed by atoms with E-state index in [1.165, 1.54) is 0 Å². The lowest BCUT2D eigenvalue weighted by Crippen LogP contribution is -2.29. The number of nitrogens with zero attached hydrogens (tertiary/aromatic N) is 2. The third-order valence-corrected chi connectivity index (χ3v) is 5.23. The Bertz CT molecular complexity index is 1000. The highest BCUT2D eigenvalue weighted by Crippen LogP contribution is 2.40. The van der Waals surface area contributed by atoms with E-state index in [9.17, 15) is 4.79 Å². The predicted molar refractivity (Wildman–Crippen MR) is 109 cm³/mol. The number of carbonyl (C=O) groups is 1. The molecule has 2 aromatic heterocycles. The van der Waals surface area contributed by atoms with Crippen LogP contribution in [0.1, 0.15) is 40.8 Å². The van der Waals surface area contributed by atoms with Gasteiger partial charge in [-0.3, -0.25) is 4.98 Å². The number of hydrogen-bond donors (Lipinski definition) is 2. The van der Waals surface area contributed by atoms with Crippen molar-refractivity contribution < 1.29 is 14.3 Å². The Morgan fingerprint density at radius 3 is 2.64 bits per heavy atom. The van der Waals surface area contributed by atoms with Crippen molar-refractivity contribution in [3.05, 3.63) is 77.8 Å². The molecular weight excluding hydrogens is 374 g/mol. The number of pyridine rings is 1. The van der Waals surface area contributed by atoms with Gasteiger partial charge in [-0.05, 0) is 55.5 Å². The van der Waals surface area contributed by atoms with Crippen molar-refractivity contribution in [3.63, 3.8) is 0 Å². The molecule has 1 aliphatic rings. The molecule has 2 N–H and O–H groups in total. The normalized spacial score (nSPS) is 18.9. The minimum absolute atomic E-state index is 0.109. The molecule has 3 heterocycles. The Labute approximate surface area is 167 Å². The maximum absolute atomic E-state index is 11.0. The van der Waals surface area contributed by atoms with Crippen LogP contribution < -0.4 is 5.32 Å². The number of aromatic nitrogens is 1. The molecule has 28 heavy (non-hydrogen) atoms. The molecule has 0 amide bonds. The van der Waals surface area contributed by atoms with Gasteiger partial charge in [0.25, 0.3) is 0 Å². The third-order valence-electron chi connectivity index (χ3n) is 4.87. The minimum Gasteiger partial charge on any atom is -0.478 e. The number of aromatic carboxylic acids is 1. The van der Waals surface area contributed by atoms with Gasteiger partial charge in [0.1, 0.15) is 17.6 Å². The van der Waals surface area contributed by atoms with Gasteiger partial charge in [0.05, 0.1) is 17.3 Å². The van der Waals surface area contributed by atoms with Gasteiger partial charge >= 0.3 is 5.97 Å². The molecule has 0 aliphatic carbocycles. The van der Waals surface area contributed by atoms with E-state index in [2.05, 4.69) is 22.1 Å². The van der Waals surface area contributed by atoms with Crippen LogP contribution in [0.25, 0.3) is 11.3 Å². The summed E-state index contributed by atoms with van der Waals surface area (Å²) >= 11 is 5.52. The van der Waals surface area contributed by atoms with Gasteiger partial charge in [-0.15, -0.1) is 0 Å². The number of likely N-dealkylation sites (N-methyl/N-ethyl adjacent to an activating group) is 1. The summed E-state index contributed by atoms with van der Waals surface area (Å²) in [7, 11) is 0. The first-order chi connectivity index (χ1) is 13.6. The van der Waals surface area contributed by atoms with Crippen molar-refractivity contribution in [1.82, 2.24) is 15.2 Å². The van der Waals surface area contributed by atoms with Gasteiger partial charge in [-0.25, -0.2) is 4.79 Å². The SMILES string of the molecule is CCN1C(=S)NC(c2ccccn2)C1c1ccc(-c2ccc(C(=O)O)cc2)o1. The van der Waals surface area contributed by atoms with E-state index in [1.807, 2.05) is 30.3 Å². The monoisotopic (exact) mass is 393 g/mol. The van der Waals surface area contributed by atoms with Crippen molar-refractivity contribution in [2.75, 3.05) is 6.54 Å². The fourth-order valence-electron chi connectivity index (χ4n) is 3.50. The molecule has 1 aliphatic heterocycles. The lowest BCUT2D eigenvalue weighted by atomic mass is 10.0. The smallest absolute Gasteiger partial charge is 0.335 e. The quantitative estimate of drug-likeness (QED) is 0.634. The second-order valence-corrected chi connectivity index (χ2v) is 6.88. The van der Waals surface area contributed by atoms with Crippen LogP contribution in [0.15, 0.2) is 65.2 Å². The Hall–Kier alpha value is -3.19. The molecule has 1 aromatic carbocycles. The largest absolute Gasteiger partial charge is 0.478 e. The minimum atomic E-state index is -0.950. The van der Waals surface area contributed by atoms with E-state index in [0.717, 1.165) is 23.6 Å². The zero-order chi connectivity index (χ0) is 19.7. The first-order valence-electron chi connectivity index (χ1n) is 9.00. The fourth-order valence-corrected chi connectivity index (χ4v) is 3.87. The number of thiocarbonyl (C=S) groups is 1. The number of carboxylic acids is 1. The van der Waals surface area contributed by atoms with E-state index in [0.29, 0.717) is 10.9 Å². The number of rotatable bonds is 5. The molecule has 0 saturated carbocycles. The maximum Gasteiger partial charge on any atom is 0.335 e. The molecule has 0 radical (unpaired) electrons. The van der Waals surface area contributed by atoms with E-state index >= 15 is 0 Å². The summed E-state index contributed by atoms with van der Waals surface area (Å²) in [5.74, 6) is 0.511. The van der Waals surface area contributed by atoms with E-state index in [1.54, 1.807) is 30.5 Å². The van der Waals surface area contributed by atoms with Gasteiger partial charge in [-0.1, -0.05) is 18.2 Å². The Balaban J connectivity index is 1.68. The van der Waals surface area contributed by atoms with Gasteiger partial charge in [0.2, 0.25) is 0 Å². The maximum atomic E-state index is 11.0. The second-order valence-electron chi connectivity index (χ2n) is 6.50. The van der Waals surface area contributed by atoms with E-state index < -0.39 is 5.97 Å². The molecular formula is C21H19N3O3S. The Morgan fingerprint density at radius 2 is 2.00 bits per heavy atom. The number of furan rings is 1. The number of nitrogens with one attached hydrogen (secondary N) is 1. The van der Waals surface area contributed by atoms with Crippen LogP contribution in [0.2, 0.25) is 0 Å². The van der Waals surface area contributed by atoms with Crippen molar-refractivity contribution in [2.45, 2.75) is 19.0 Å². The summed E-state index contributed by atoms with van der Waals surface area (Å²) in [6.45, 7) is 2.79. The third kappa shape index (κ3) is 3.25. The van der Waals surface area contributed by atoms with Crippen LogP contribution >= 0.6 is 12.2 Å². The summed E-state index contributed by atoms with van der Waals surface area (Å²) < 4.78 is 6.17. The summed E-state index contributed by atoms with van der Waals surface area (Å²) in [5, 5.41) is 13.1. The fraction of sp³-hybridized carbons (Fsp3) is 0.190. The van der Waals surface area contributed by atoms with Crippen molar-refractivity contribution in [3.8, 4) is 11.3 Å². The van der Waals surface area contributed by atoms with Crippen molar-refractivity contribution in [2.24, 2.45) is 0 Å². The lowest BCUT2D eigenvalue weighted by Gasteiger charge is -2.24. The summed E-state index contributed by atoms with van der Waals surface area (Å²) in [6, 6.07) is 16.1. The van der Waals surface area contributed by atoms with Crippen LogP contribution in [0, 0.1) is 0 Å². The molecule has 7 heteroatoms. The zero-order valence-electron chi connectivity index (χ0n) is 15.2. The number of carboxylic acid groups (broad SMARTS) is 1. The molecule has 1 saturated heterocycles. The molecule has 0 spiro atoms.